The maximum absolute atomic E-state index is 7.56. The normalized spacial score (nSPS) is 25.4. The number of hydrogen-bond donors (Lipinski definition) is 1. The van der Waals surface area contributed by atoms with Crippen LogP contribution in [0.25, 0.3) is 0 Å². The molecule has 1 rings (SSSR count). The highest BCUT2D eigenvalue weighted by atomic mass is 16.5. The topological polar surface area (TPSA) is 35.2 Å². The summed E-state index contributed by atoms with van der Waals surface area (Å²) in [6, 6.07) is -2.83. The van der Waals surface area contributed by atoms with Gasteiger partial charge < -0.3 is 10.5 Å². The van der Waals surface area contributed by atoms with Gasteiger partial charge in [0.15, 0.2) is 0 Å². The molecule has 0 unspecified atom stereocenters. The molecule has 0 aliphatic rings. The van der Waals surface area contributed by atoms with Crippen molar-refractivity contribution >= 4 is 5.69 Å². The van der Waals surface area contributed by atoms with Gasteiger partial charge in [-0.2, -0.15) is 0 Å². The van der Waals surface area contributed by atoms with Crippen molar-refractivity contribution in [2.24, 2.45) is 0 Å². The third-order valence-electron chi connectivity index (χ3n) is 0.797. The molecule has 10 heavy (non-hydrogen) atoms. The molecule has 1 aromatic rings. The summed E-state index contributed by atoms with van der Waals surface area (Å²) in [5, 5.41) is 0. The minimum absolute atomic E-state index is 0.441. The Kier molecular flexibility index (Phi) is 0.570. The second-order valence-corrected chi connectivity index (χ2v) is 1.49. The zero-order valence-electron chi connectivity index (χ0n) is 14.0. The van der Waals surface area contributed by atoms with Crippen molar-refractivity contribution in [1.82, 2.24) is 0 Å². The molecule has 0 heterocycles. The molecule has 0 aliphatic carbocycles. The number of nitrogen functional groups attached to an aromatic ring is 1. The summed E-state index contributed by atoms with van der Waals surface area (Å²) in [7, 11) is -3.09. The van der Waals surface area contributed by atoms with Crippen LogP contribution < -0.4 is 5.73 Å². The number of ether oxygens (including phenoxy) is 1. The van der Waals surface area contributed by atoms with Crippen LogP contribution in [0.2, 0.25) is 0 Å². The molecule has 2 heteroatoms. The Morgan fingerprint density at radius 1 is 1.70 bits per heavy atom. The summed E-state index contributed by atoms with van der Waals surface area (Å²) in [4.78, 5) is 0. The van der Waals surface area contributed by atoms with Crippen LogP contribution in [0.1, 0.15) is 17.9 Å². The largest absolute Gasteiger partial charge is 0.399 e. The van der Waals surface area contributed by atoms with E-state index in [0.29, 0.717) is 0 Å². The summed E-state index contributed by atoms with van der Waals surface area (Å²) >= 11 is 0. The highest BCUT2D eigenvalue weighted by Crippen LogP contribution is 2.05. The monoisotopic (exact) mass is 146 g/mol. The fourth-order valence-electron chi connectivity index (χ4n) is 0.424. The lowest BCUT2D eigenvalue weighted by molar-refractivity contribution is 0.185. The molecule has 0 aliphatic heterocycles. The number of anilines is 1. The van der Waals surface area contributed by atoms with Crippen molar-refractivity contribution < 1.29 is 17.1 Å². The van der Waals surface area contributed by atoms with Crippen molar-refractivity contribution in [3.63, 3.8) is 0 Å². The van der Waals surface area contributed by atoms with Crippen LogP contribution in [0, 0.1) is 0 Å². The van der Waals surface area contributed by atoms with Crippen molar-refractivity contribution in [3.05, 3.63) is 29.7 Å². The van der Waals surface area contributed by atoms with E-state index < -0.39 is 49.0 Å². The molecule has 0 atom stereocenters. The van der Waals surface area contributed by atoms with Gasteiger partial charge >= 0.3 is 0 Å². The minimum Gasteiger partial charge on any atom is -0.399 e. The van der Waals surface area contributed by atoms with Crippen LogP contribution in [-0.4, -0.2) is 7.04 Å². The zero-order valence-corrected chi connectivity index (χ0v) is 4.99. The van der Waals surface area contributed by atoms with Crippen LogP contribution in [0.5, 0.6) is 0 Å². The zero-order chi connectivity index (χ0) is 15.2. The standard InChI is InChI=1S/C8H11NO/c1-10-6-7-2-4-8(9)5-3-7/h2-5H,6,9H2,1H3/i1D3,2D,3D,4D,5D,6D2. The van der Waals surface area contributed by atoms with Gasteiger partial charge in [0.05, 0.1) is 18.9 Å². The van der Waals surface area contributed by atoms with E-state index in [1.54, 1.807) is 0 Å². The Morgan fingerprint density at radius 2 is 2.40 bits per heavy atom. The summed E-state index contributed by atoms with van der Waals surface area (Å²) < 4.78 is 69.8. The van der Waals surface area contributed by atoms with E-state index in [4.69, 9.17) is 18.1 Å². The molecular formula is C8H11NO. The quantitative estimate of drug-likeness (QED) is 0.640. The lowest BCUT2D eigenvalue weighted by atomic mass is 10.2. The molecule has 0 amide bonds. The lowest BCUT2D eigenvalue weighted by Crippen LogP contribution is -1.88. The van der Waals surface area contributed by atoms with Crippen LogP contribution >= 0.6 is 0 Å². The van der Waals surface area contributed by atoms with Gasteiger partial charge in [-0.05, 0) is 17.6 Å². The molecule has 1 aromatic carbocycles. The number of benzene rings is 1. The number of methoxy groups -OCH3 is 1. The molecule has 0 bridgehead atoms. The van der Waals surface area contributed by atoms with E-state index in [1.165, 1.54) is 0 Å². The van der Waals surface area contributed by atoms with Gasteiger partial charge in [-0.1, -0.05) is 12.1 Å². The fraction of sp³-hybridized carbons (Fsp3) is 0.250. The van der Waals surface area contributed by atoms with Crippen molar-refractivity contribution in [2.75, 3.05) is 12.8 Å². The average Bonchev–Trinajstić information content (AvgIpc) is 2.20. The third kappa shape index (κ3) is 1.74. The predicted octanol–water partition coefficient (Wildman–Crippen LogP) is 1.42. The highest BCUT2D eigenvalue weighted by Gasteiger charge is 1.88. The molecule has 0 fully saturated rings. The SMILES string of the molecule is [2H]c1c([2H])c(C([2H])([2H])OC([2H])([2H])[2H])c([2H])c([2H])c1N. The van der Waals surface area contributed by atoms with Gasteiger partial charge in [0, 0.05) is 12.7 Å². The van der Waals surface area contributed by atoms with Crippen LogP contribution in [0.15, 0.2) is 24.2 Å². The smallest absolute Gasteiger partial charge is 0.0713 e. The Labute approximate surface area is 73.3 Å². The predicted molar refractivity (Wildman–Crippen MR) is 41.6 cm³/mol. The summed E-state index contributed by atoms with van der Waals surface area (Å²) in [5.41, 5.74) is 4.09. The van der Waals surface area contributed by atoms with E-state index in [1.807, 2.05) is 0 Å². The lowest BCUT2D eigenvalue weighted by Gasteiger charge is -1.98. The molecular weight excluding hydrogens is 126 g/mol. The molecule has 54 valence electrons. The van der Waals surface area contributed by atoms with E-state index >= 15 is 0 Å². The summed E-state index contributed by atoms with van der Waals surface area (Å²) in [6.45, 7) is -3.00. The molecule has 2 nitrogen and oxygen atoms in total. The van der Waals surface area contributed by atoms with Gasteiger partial charge in [0.2, 0.25) is 0 Å². The van der Waals surface area contributed by atoms with Crippen molar-refractivity contribution in [1.29, 1.82) is 0 Å². The van der Waals surface area contributed by atoms with Gasteiger partial charge in [-0.3, -0.25) is 0 Å². The highest BCUT2D eigenvalue weighted by molar-refractivity contribution is 5.38. The van der Waals surface area contributed by atoms with E-state index in [2.05, 4.69) is 4.74 Å². The fourth-order valence-corrected chi connectivity index (χ4v) is 0.424. The van der Waals surface area contributed by atoms with E-state index in [9.17, 15) is 0 Å². The van der Waals surface area contributed by atoms with E-state index in [-0.39, 0.29) is 0 Å². The molecule has 0 aromatic heterocycles. The van der Waals surface area contributed by atoms with Gasteiger partial charge in [-0.15, -0.1) is 0 Å². The van der Waals surface area contributed by atoms with Gasteiger partial charge in [0.25, 0.3) is 0 Å². The van der Waals surface area contributed by atoms with Gasteiger partial charge in [0.1, 0.15) is 0 Å². The van der Waals surface area contributed by atoms with Crippen LogP contribution in [0.3, 0.4) is 0 Å². The first-order valence-electron chi connectivity index (χ1n) is 6.95. The number of rotatable bonds is 2. The minimum atomic E-state index is -3.09. The second kappa shape index (κ2) is 3.22. The second-order valence-electron chi connectivity index (χ2n) is 1.49. The Hall–Kier alpha value is -1.02. The van der Waals surface area contributed by atoms with E-state index in [0.717, 1.165) is 0 Å². The first-order valence-corrected chi connectivity index (χ1v) is 2.45. The van der Waals surface area contributed by atoms with Crippen molar-refractivity contribution in [3.8, 4) is 0 Å². The van der Waals surface area contributed by atoms with Crippen LogP contribution in [-0.2, 0) is 11.3 Å². The first-order chi connectivity index (χ1) is 8.38. The Balaban J connectivity index is 3.51. The summed E-state index contributed by atoms with van der Waals surface area (Å²) in [6.07, 6.45) is 0. The first kappa shape index (κ1) is 1.77. The average molecular weight is 146 g/mol. The molecule has 0 saturated carbocycles. The van der Waals surface area contributed by atoms with Gasteiger partial charge in [-0.25, -0.2) is 0 Å². The maximum atomic E-state index is 7.56. The Bertz CT molecular complexity index is 481. The molecule has 2 N–H and O–H groups in total. The summed E-state index contributed by atoms with van der Waals surface area (Å²) in [5.74, 6) is 0. The van der Waals surface area contributed by atoms with Crippen molar-refractivity contribution in [2.45, 2.75) is 6.56 Å². The molecule has 0 spiro atoms. The Morgan fingerprint density at radius 3 is 3.00 bits per heavy atom. The maximum Gasteiger partial charge on any atom is 0.0713 e. The number of hydrogen-bond acceptors (Lipinski definition) is 2. The molecule has 0 saturated heterocycles. The molecule has 0 radical (unpaired) electrons. The van der Waals surface area contributed by atoms with Crippen LogP contribution in [0.4, 0.5) is 5.69 Å². The third-order valence-corrected chi connectivity index (χ3v) is 0.797. The number of nitrogens with two attached hydrogens (primary N) is 1.